The van der Waals surface area contributed by atoms with E-state index in [1.54, 1.807) is 32.9 Å². The molecule has 0 saturated heterocycles. The molecule has 0 aliphatic carbocycles. The summed E-state index contributed by atoms with van der Waals surface area (Å²) in [7, 11) is 0. The van der Waals surface area contributed by atoms with Gasteiger partial charge in [-0.1, -0.05) is 0 Å². The van der Waals surface area contributed by atoms with Crippen molar-refractivity contribution < 1.29 is 18.7 Å². The minimum absolute atomic E-state index is 0.278. The van der Waals surface area contributed by atoms with E-state index in [1.165, 1.54) is 6.26 Å². The Morgan fingerprint density at radius 1 is 1.26 bits per heavy atom. The Morgan fingerprint density at radius 3 is 2.53 bits per heavy atom. The van der Waals surface area contributed by atoms with Crippen LogP contribution in [0.4, 0.5) is 15.5 Å². The highest BCUT2D eigenvalue weighted by Crippen LogP contribution is 2.06. The maximum absolute atomic E-state index is 11.4. The first kappa shape index (κ1) is 14.9. The van der Waals surface area contributed by atoms with Crippen LogP contribution in [0.25, 0.3) is 0 Å². The Morgan fingerprint density at radius 2 is 1.95 bits per heavy atom. The fourth-order valence-electron chi connectivity index (χ4n) is 1.16. The normalized spacial score (nSPS) is 10.7. The molecule has 0 radical (unpaired) electrons. The van der Waals surface area contributed by atoms with Crippen LogP contribution in [-0.2, 0) is 4.74 Å². The van der Waals surface area contributed by atoms with Gasteiger partial charge in [0.15, 0.2) is 0 Å². The zero-order valence-corrected chi connectivity index (χ0v) is 11.3. The number of alkyl carbamates (subject to hydrolysis) is 1. The van der Waals surface area contributed by atoms with Crippen LogP contribution in [0, 0.1) is 0 Å². The minimum Gasteiger partial charge on any atom is -0.449 e. The zero-order chi connectivity index (χ0) is 14.3. The number of amides is 3. The number of urea groups is 1. The highest BCUT2D eigenvalue weighted by atomic mass is 16.6. The van der Waals surface area contributed by atoms with Crippen LogP contribution in [0.15, 0.2) is 22.8 Å². The summed E-state index contributed by atoms with van der Waals surface area (Å²) in [6.07, 6.45) is 0.945. The van der Waals surface area contributed by atoms with Gasteiger partial charge in [0.1, 0.15) is 5.60 Å². The summed E-state index contributed by atoms with van der Waals surface area (Å²) in [5.74, 6) is 0.359. The molecule has 19 heavy (non-hydrogen) atoms. The van der Waals surface area contributed by atoms with Gasteiger partial charge in [-0.3, -0.25) is 5.32 Å². The molecule has 7 heteroatoms. The number of carbonyl (C=O) groups excluding carboxylic acids is 2. The number of carbonyl (C=O) groups is 2. The molecule has 1 aromatic heterocycles. The lowest BCUT2D eigenvalue weighted by Gasteiger charge is -2.19. The molecule has 0 unspecified atom stereocenters. The second-order valence-corrected chi connectivity index (χ2v) is 4.79. The molecule has 0 aliphatic heterocycles. The lowest BCUT2D eigenvalue weighted by Crippen LogP contribution is -2.39. The molecule has 1 aromatic rings. The van der Waals surface area contributed by atoms with Crippen molar-refractivity contribution in [3.8, 4) is 0 Å². The lowest BCUT2D eigenvalue weighted by atomic mass is 10.2. The molecule has 1 rings (SSSR count). The van der Waals surface area contributed by atoms with Crippen molar-refractivity contribution in [2.24, 2.45) is 0 Å². The van der Waals surface area contributed by atoms with Crippen molar-refractivity contribution in [2.45, 2.75) is 26.4 Å². The predicted molar refractivity (Wildman–Crippen MR) is 70.0 cm³/mol. The van der Waals surface area contributed by atoms with Crippen molar-refractivity contribution in [2.75, 3.05) is 18.4 Å². The Hall–Kier alpha value is -2.18. The van der Waals surface area contributed by atoms with Gasteiger partial charge in [0.25, 0.3) is 0 Å². The molecule has 0 spiro atoms. The van der Waals surface area contributed by atoms with Gasteiger partial charge in [-0.15, -0.1) is 0 Å². The third-order valence-corrected chi connectivity index (χ3v) is 1.84. The second kappa shape index (κ2) is 6.67. The molecule has 7 nitrogen and oxygen atoms in total. The van der Waals surface area contributed by atoms with Crippen molar-refractivity contribution in [1.82, 2.24) is 10.6 Å². The summed E-state index contributed by atoms with van der Waals surface area (Å²) in [4.78, 5) is 22.6. The number of anilines is 1. The van der Waals surface area contributed by atoms with Gasteiger partial charge < -0.3 is 19.8 Å². The van der Waals surface area contributed by atoms with Crippen LogP contribution in [0.5, 0.6) is 0 Å². The topological polar surface area (TPSA) is 92.6 Å². The summed E-state index contributed by atoms with van der Waals surface area (Å²) in [5.41, 5.74) is -0.534. The number of hydrogen-bond donors (Lipinski definition) is 3. The molecule has 1 heterocycles. The van der Waals surface area contributed by atoms with Crippen LogP contribution < -0.4 is 16.0 Å². The average Bonchev–Trinajstić information content (AvgIpc) is 2.74. The quantitative estimate of drug-likeness (QED) is 0.728. The van der Waals surface area contributed by atoms with Gasteiger partial charge >= 0.3 is 12.1 Å². The Kier molecular flexibility index (Phi) is 5.23. The second-order valence-electron chi connectivity index (χ2n) is 4.79. The number of furan rings is 1. The van der Waals surface area contributed by atoms with Gasteiger partial charge in [0, 0.05) is 19.2 Å². The van der Waals surface area contributed by atoms with E-state index in [-0.39, 0.29) is 13.1 Å². The molecule has 106 valence electrons. The van der Waals surface area contributed by atoms with E-state index >= 15 is 0 Å². The molecule has 0 bridgehead atoms. The van der Waals surface area contributed by atoms with Crippen LogP contribution in [0.3, 0.4) is 0 Å². The van der Waals surface area contributed by atoms with Crippen LogP contribution in [-0.4, -0.2) is 30.8 Å². The van der Waals surface area contributed by atoms with Gasteiger partial charge in [-0.25, -0.2) is 9.59 Å². The van der Waals surface area contributed by atoms with E-state index in [9.17, 15) is 9.59 Å². The third-order valence-electron chi connectivity index (χ3n) is 1.84. The number of hydrogen-bond acceptors (Lipinski definition) is 4. The first-order chi connectivity index (χ1) is 8.87. The summed E-state index contributed by atoms with van der Waals surface area (Å²) >= 11 is 0. The maximum atomic E-state index is 11.4. The largest absolute Gasteiger partial charge is 0.449 e. The van der Waals surface area contributed by atoms with Crippen molar-refractivity contribution in [3.05, 3.63) is 18.4 Å². The first-order valence-electron chi connectivity index (χ1n) is 5.92. The Bertz CT molecular complexity index is 409. The molecule has 0 aromatic carbocycles. The summed E-state index contributed by atoms with van der Waals surface area (Å²) < 4.78 is 9.98. The van der Waals surface area contributed by atoms with Crippen LogP contribution in [0.2, 0.25) is 0 Å². The zero-order valence-electron chi connectivity index (χ0n) is 11.3. The molecule has 3 amide bonds. The molecular weight excluding hydrogens is 250 g/mol. The van der Waals surface area contributed by atoms with Crippen molar-refractivity contribution >= 4 is 18.0 Å². The smallest absolute Gasteiger partial charge is 0.407 e. The van der Waals surface area contributed by atoms with Crippen molar-refractivity contribution in [1.29, 1.82) is 0 Å². The first-order valence-corrected chi connectivity index (χ1v) is 5.92. The molecule has 0 saturated carbocycles. The van der Waals surface area contributed by atoms with E-state index < -0.39 is 17.7 Å². The molecule has 3 N–H and O–H groups in total. The lowest BCUT2D eigenvalue weighted by molar-refractivity contribution is 0.0528. The van der Waals surface area contributed by atoms with Crippen LogP contribution in [0.1, 0.15) is 20.8 Å². The van der Waals surface area contributed by atoms with Crippen LogP contribution >= 0.6 is 0 Å². The number of nitrogens with one attached hydrogen (secondary N) is 3. The third kappa shape index (κ3) is 6.97. The summed E-state index contributed by atoms with van der Waals surface area (Å²) in [5, 5.41) is 7.57. The minimum atomic E-state index is -0.534. The highest BCUT2D eigenvalue weighted by Gasteiger charge is 2.15. The number of ether oxygens (including phenoxy) is 1. The van der Waals surface area contributed by atoms with Gasteiger partial charge in [-0.2, -0.15) is 0 Å². The molecule has 0 aliphatic rings. The summed E-state index contributed by atoms with van der Waals surface area (Å²) in [6.45, 7) is 5.90. The SMILES string of the molecule is CC(C)(C)OC(=O)NCCNC(=O)Nc1ccco1. The molecule has 0 atom stereocenters. The van der Waals surface area contributed by atoms with Gasteiger partial charge in [0.2, 0.25) is 5.88 Å². The fraction of sp³-hybridized carbons (Fsp3) is 0.500. The number of rotatable bonds is 4. The van der Waals surface area contributed by atoms with E-state index in [0.717, 1.165) is 0 Å². The van der Waals surface area contributed by atoms with E-state index in [2.05, 4.69) is 16.0 Å². The average molecular weight is 269 g/mol. The predicted octanol–water partition coefficient (Wildman–Crippen LogP) is 1.93. The molecular formula is C12H19N3O4. The van der Waals surface area contributed by atoms with Gasteiger partial charge in [0.05, 0.1) is 6.26 Å². The molecule has 0 fully saturated rings. The Labute approximate surface area is 111 Å². The van der Waals surface area contributed by atoms with E-state index in [1.807, 2.05) is 0 Å². The highest BCUT2D eigenvalue weighted by molar-refractivity contribution is 5.87. The fourth-order valence-corrected chi connectivity index (χ4v) is 1.16. The van der Waals surface area contributed by atoms with E-state index in [4.69, 9.17) is 9.15 Å². The van der Waals surface area contributed by atoms with E-state index in [0.29, 0.717) is 5.88 Å². The van der Waals surface area contributed by atoms with Crippen molar-refractivity contribution in [3.63, 3.8) is 0 Å². The standard InChI is InChI=1S/C12H19N3O4/c1-12(2,3)19-11(17)14-7-6-13-10(16)15-9-5-4-8-18-9/h4-5,8H,6-7H2,1-3H3,(H,14,17)(H2,13,15,16). The van der Waals surface area contributed by atoms with Gasteiger partial charge in [-0.05, 0) is 26.8 Å². The maximum Gasteiger partial charge on any atom is 0.407 e. The monoisotopic (exact) mass is 269 g/mol. The Balaban J connectivity index is 2.10. The summed E-state index contributed by atoms with van der Waals surface area (Å²) in [6, 6.07) is 2.89.